The van der Waals surface area contributed by atoms with E-state index < -0.39 is 0 Å². The maximum absolute atomic E-state index is 12.3. The Bertz CT molecular complexity index is 980. The van der Waals surface area contributed by atoms with E-state index in [2.05, 4.69) is 21.6 Å². The van der Waals surface area contributed by atoms with Crippen molar-refractivity contribution in [2.45, 2.75) is 46.0 Å². The van der Waals surface area contributed by atoms with Crippen molar-refractivity contribution in [2.24, 2.45) is 0 Å². The number of carbonyl (C=O) groups excluding carboxylic acids is 1. The van der Waals surface area contributed by atoms with Crippen molar-refractivity contribution in [1.29, 1.82) is 0 Å². The molecule has 29 heavy (non-hydrogen) atoms. The number of nitrogens with one attached hydrogen (secondary N) is 1. The largest absolute Gasteiger partial charge is 0.485 e. The summed E-state index contributed by atoms with van der Waals surface area (Å²) in [5.74, 6) is 1.78. The van der Waals surface area contributed by atoms with Gasteiger partial charge in [-0.05, 0) is 62.6 Å². The van der Waals surface area contributed by atoms with Gasteiger partial charge in [0.2, 0.25) is 5.91 Å². The molecule has 7 heteroatoms. The van der Waals surface area contributed by atoms with Crippen molar-refractivity contribution in [3.63, 3.8) is 0 Å². The molecule has 1 amide bonds. The predicted octanol–water partition coefficient (Wildman–Crippen LogP) is 4.53. The molecular weight excluding hydrogens is 384 g/mol. The van der Waals surface area contributed by atoms with E-state index in [0.29, 0.717) is 18.3 Å². The van der Waals surface area contributed by atoms with Crippen LogP contribution in [0.4, 0.5) is 5.69 Å². The molecule has 152 valence electrons. The van der Waals surface area contributed by atoms with Gasteiger partial charge in [-0.25, -0.2) is 0 Å². The topological polar surface area (TPSA) is 69.0 Å². The van der Waals surface area contributed by atoms with E-state index in [0.717, 1.165) is 34.0 Å². The molecule has 0 saturated heterocycles. The lowest BCUT2D eigenvalue weighted by Gasteiger charge is -2.10. The normalized spacial score (nSPS) is 10.8. The lowest BCUT2D eigenvalue weighted by Crippen LogP contribution is -2.15. The fraction of sp³-hybridized carbons (Fsp3) is 0.318. The number of thioether (sulfide) groups is 1. The van der Waals surface area contributed by atoms with Crippen LogP contribution in [0.1, 0.15) is 29.4 Å². The highest BCUT2D eigenvalue weighted by molar-refractivity contribution is 7.99. The van der Waals surface area contributed by atoms with E-state index in [9.17, 15) is 4.79 Å². The number of benzene rings is 2. The number of hydrogen-bond donors (Lipinski definition) is 1. The molecule has 0 radical (unpaired) electrons. The number of carbonyl (C=O) groups is 1. The smallest absolute Gasteiger partial charge is 0.234 e. The third-order valence-corrected chi connectivity index (χ3v) is 5.36. The van der Waals surface area contributed by atoms with Crippen molar-refractivity contribution in [1.82, 2.24) is 14.8 Å². The van der Waals surface area contributed by atoms with Crippen LogP contribution in [0.2, 0.25) is 0 Å². The molecule has 0 aliphatic heterocycles. The molecule has 0 bridgehead atoms. The maximum Gasteiger partial charge on any atom is 0.234 e. The van der Waals surface area contributed by atoms with Gasteiger partial charge in [-0.1, -0.05) is 36.0 Å². The second-order valence-corrected chi connectivity index (χ2v) is 7.85. The molecule has 3 aromatic rings. The standard InChI is InChI=1S/C22H26N4O2S/c1-5-26-20(13-28-19-9-7-6-8-17(19)4)24-25-22(26)29-14-21(27)23-18-11-15(2)10-16(3)12-18/h6-12H,5,13-14H2,1-4H3,(H,23,27). The molecule has 6 nitrogen and oxygen atoms in total. The molecule has 0 spiro atoms. The number of para-hydroxylation sites is 1. The van der Waals surface area contributed by atoms with Crippen LogP contribution in [0.3, 0.4) is 0 Å². The van der Waals surface area contributed by atoms with Gasteiger partial charge in [-0.3, -0.25) is 4.79 Å². The third kappa shape index (κ3) is 5.60. The lowest BCUT2D eigenvalue weighted by molar-refractivity contribution is -0.113. The number of nitrogens with zero attached hydrogens (tertiary/aromatic N) is 3. The number of anilines is 1. The summed E-state index contributed by atoms with van der Waals surface area (Å²) in [5.41, 5.74) is 4.14. The molecule has 0 aliphatic rings. The number of aryl methyl sites for hydroxylation is 3. The van der Waals surface area contributed by atoms with Crippen molar-refractivity contribution in [3.05, 3.63) is 65.0 Å². The molecule has 2 aromatic carbocycles. The van der Waals surface area contributed by atoms with Crippen LogP contribution in [0.25, 0.3) is 0 Å². The summed E-state index contributed by atoms with van der Waals surface area (Å²) in [6.07, 6.45) is 0. The van der Waals surface area contributed by atoms with Crippen LogP contribution in [-0.2, 0) is 17.9 Å². The van der Waals surface area contributed by atoms with Crippen molar-refractivity contribution in [3.8, 4) is 5.75 Å². The molecule has 0 fully saturated rings. The highest BCUT2D eigenvalue weighted by Gasteiger charge is 2.14. The number of hydrogen-bond acceptors (Lipinski definition) is 5. The number of aromatic nitrogens is 3. The Morgan fingerprint density at radius 3 is 2.52 bits per heavy atom. The van der Waals surface area contributed by atoms with Crippen molar-refractivity contribution in [2.75, 3.05) is 11.1 Å². The van der Waals surface area contributed by atoms with Gasteiger partial charge in [-0.2, -0.15) is 0 Å². The SMILES string of the molecule is CCn1c(COc2ccccc2C)nnc1SCC(=O)Nc1cc(C)cc(C)c1. The molecule has 0 aliphatic carbocycles. The molecule has 1 aromatic heterocycles. The number of rotatable bonds is 8. The van der Waals surface area contributed by atoms with Gasteiger partial charge in [-0.15, -0.1) is 10.2 Å². The van der Waals surface area contributed by atoms with Gasteiger partial charge < -0.3 is 14.6 Å². The first-order chi connectivity index (χ1) is 14.0. The van der Waals surface area contributed by atoms with Gasteiger partial charge in [0.15, 0.2) is 11.0 Å². The first kappa shape index (κ1) is 20.9. The van der Waals surface area contributed by atoms with Gasteiger partial charge in [0.25, 0.3) is 0 Å². The molecule has 1 N–H and O–H groups in total. The lowest BCUT2D eigenvalue weighted by atomic mass is 10.1. The van der Waals surface area contributed by atoms with Gasteiger partial charge in [0, 0.05) is 12.2 Å². The van der Waals surface area contributed by atoms with Crippen molar-refractivity contribution >= 4 is 23.4 Å². The van der Waals surface area contributed by atoms with E-state index in [-0.39, 0.29) is 11.7 Å². The zero-order chi connectivity index (χ0) is 20.8. The average Bonchev–Trinajstić information content (AvgIpc) is 3.06. The fourth-order valence-corrected chi connectivity index (χ4v) is 3.91. The van der Waals surface area contributed by atoms with E-state index in [1.165, 1.54) is 11.8 Å². The molecule has 0 unspecified atom stereocenters. The van der Waals surface area contributed by atoms with Gasteiger partial charge >= 0.3 is 0 Å². The Morgan fingerprint density at radius 2 is 1.83 bits per heavy atom. The van der Waals surface area contributed by atoms with Crippen LogP contribution >= 0.6 is 11.8 Å². The minimum absolute atomic E-state index is 0.0663. The quantitative estimate of drug-likeness (QED) is 0.553. The zero-order valence-electron chi connectivity index (χ0n) is 17.2. The Balaban J connectivity index is 1.59. The molecule has 0 saturated carbocycles. The van der Waals surface area contributed by atoms with Crippen LogP contribution in [0.15, 0.2) is 47.6 Å². The summed E-state index contributed by atoms with van der Waals surface area (Å²) in [6.45, 7) is 9.11. The zero-order valence-corrected chi connectivity index (χ0v) is 18.0. The number of ether oxygens (including phenoxy) is 1. The summed E-state index contributed by atoms with van der Waals surface area (Å²) in [6, 6.07) is 13.9. The minimum atomic E-state index is -0.0663. The summed E-state index contributed by atoms with van der Waals surface area (Å²) >= 11 is 1.37. The Kier molecular flexibility index (Phi) is 6.93. The predicted molar refractivity (Wildman–Crippen MR) is 116 cm³/mol. The van der Waals surface area contributed by atoms with Crippen LogP contribution in [-0.4, -0.2) is 26.4 Å². The maximum atomic E-state index is 12.3. The highest BCUT2D eigenvalue weighted by Crippen LogP contribution is 2.21. The average molecular weight is 411 g/mol. The van der Waals surface area contributed by atoms with Gasteiger partial charge in [0.05, 0.1) is 5.75 Å². The van der Waals surface area contributed by atoms with E-state index in [4.69, 9.17) is 4.74 Å². The Labute approximate surface area is 175 Å². The molecule has 1 heterocycles. The Morgan fingerprint density at radius 1 is 1.10 bits per heavy atom. The monoisotopic (exact) mass is 410 g/mol. The van der Waals surface area contributed by atoms with Crippen molar-refractivity contribution < 1.29 is 9.53 Å². The summed E-state index contributed by atoms with van der Waals surface area (Å²) < 4.78 is 7.87. The minimum Gasteiger partial charge on any atom is -0.485 e. The van der Waals surface area contributed by atoms with Crippen LogP contribution in [0, 0.1) is 20.8 Å². The third-order valence-electron chi connectivity index (χ3n) is 4.40. The summed E-state index contributed by atoms with van der Waals surface area (Å²) in [4.78, 5) is 12.3. The van der Waals surface area contributed by atoms with Gasteiger partial charge in [0.1, 0.15) is 12.4 Å². The van der Waals surface area contributed by atoms with Crippen LogP contribution < -0.4 is 10.1 Å². The second kappa shape index (κ2) is 9.60. The van der Waals surface area contributed by atoms with E-state index in [1.807, 2.05) is 68.7 Å². The molecular formula is C22H26N4O2S. The van der Waals surface area contributed by atoms with Crippen LogP contribution in [0.5, 0.6) is 5.75 Å². The number of amides is 1. The molecule has 3 rings (SSSR count). The summed E-state index contributed by atoms with van der Waals surface area (Å²) in [5, 5.41) is 12.2. The summed E-state index contributed by atoms with van der Waals surface area (Å²) in [7, 11) is 0. The first-order valence-corrected chi connectivity index (χ1v) is 10.6. The van der Waals surface area contributed by atoms with E-state index in [1.54, 1.807) is 0 Å². The molecule has 0 atom stereocenters. The first-order valence-electron chi connectivity index (χ1n) is 9.57. The fourth-order valence-electron chi connectivity index (χ4n) is 3.08. The highest BCUT2D eigenvalue weighted by atomic mass is 32.2. The Hall–Kier alpha value is -2.80. The van der Waals surface area contributed by atoms with E-state index >= 15 is 0 Å². The second-order valence-electron chi connectivity index (χ2n) is 6.91.